The number of hydrogen-bond acceptors (Lipinski definition) is 5. The highest BCUT2D eigenvalue weighted by Crippen LogP contribution is 2.29. The van der Waals surface area contributed by atoms with E-state index in [1.165, 1.54) is 29.2 Å². The Morgan fingerprint density at radius 2 is 1.71 bits per heavy atom. The van der Waals surface area contributed by atoms with Crippen LogP contribution >= 0.6 is 11.8 Å². The van der Waals surface area contributed by atoms with Crippen molar-refractivity contribution in [2.45, 2.75) is 29.7 Å². The van der Waals surface area contributed by atoms with Gasteiger partial charge in [0.15, 0.2) is 0 Å². The molecule has 2 aromatic carbocycles. The van der Waals surface area contributed by atoms with Crippen LogP contribution in [-0.4, -0.2) is 44.6 Å². The largest absolute Gasteiger partial charge is 0.339 e. The smallest absolute Gasteiger partial charge is 0.286 e. The maximum Gasteiger partial charge on any atom is 0.286 e. The van der Waals surface area contributed by atoms with E-state index in [2.05, 4.69) is 10.0 Å². The van der Waals surface area contributed by atoms with Gasteiger partial charge in [-0.05, 0) is 55.9 Å². The van der Waals surface area contributed by atoms with Crippen LogP contribution in [0.25, 0.3) is 0 Å². The molecule has 2 aromatic rings. The summed E-state index contributed by atoms with van der Waals surface area (Å²) in [5.41, 5.74) is 0.673. The van der Waals surface area contributed by atoms with Gasteiger partial charge in [0.25, 0.3) is 11.1 Å². The van der Waals surface area contributed by atoms with E-state index < -0.39 is 15.9 Å². The van der Waals surface area contributed by atoms with E-state index in [1.807, 2.05) is 0 Å². The topological polar surface area (TPSA) is 95.6 Å². The number of benzene rings is 2. The molecule has 0 spiro atoms. The molecule has 0 saturated carbocycles. The lowest BCUT2D eigenvalue weighted by Crippen LogP contribution is -2.30. The van der Waals surface area contributed by atoms with E-state index in [0.717, 1.165) is 11.8 Å². The van der Waals surface area contributed by atoms with Gasteiger partial charge in [0.05, 0.1) is 10.6 Å². The van der Waals surface area contributed by atoms with E-state index in [-0.39, 0.29) is 21.7 Å². The van der Waals surface area contributed by atoms with Crippen molar-refractivity contribution in [1.29, 1.82) is 0 Å². The van der Waals surface area contributed by atoms with E-state index in [4.69, 9.17) is 0 Å². The van der Waals surface area contributed by atoms with Gasteiger partial charge >= 0.3 is 0 Å². The van der Waals surface area contributed by atoms with Crippen LogP contribution in [0.3, 0.4) is 0 Å². The molecule has 0 bridgehead atoms. The summed E-state index contributed by atoms with van der Waals surface area (Å²) in [4.78, 5) is 26.7. The van der Waals surface area contributed by atoms with Gasteiger partial charge in [0.2, 0.25) is 10.0 Å². The van der Waals surface area contributed by atoms with Crippen LogP contribution in [0.15, 0.2) is 58.3 Å². The number of carbonyl (C=O) groups excluding carboxylic acids is 2. The van der Waals surface area contributed by atoms with Crippen LogP contribution < -0.4 is 10.0 Å². The van der Waals surface area contributed by atoms with Gasteiger partial charge in [0, 0.05) is 30.6 Å². The lowest BCUT2D eigenvalue weighted by atomic mass is 10.2. The lowest BCUT2D eigenvalue weighted by molar-refractivity contribution is 0.102. The molecular formula is C19H23N3O4S2. The van der Waals surface area contributed by atoms with E-state index in [1.54, 1.807) is 52.2 Å². The molecular weight excluding hydrogens is 398 g/mol. The molecule has 0 radical (unpaired) electrons. The Hall–Kier alpha value is -2.36. The predicted octanol–water partition coefficient (Wildman–Crippen LogP) is 3.40. The second kappa shape index (κ2) is 9.22. The second-order valence-corrected chi connectivity index (χ2v) is 9.22. The molecule has 9 heteroatoms. The molecule has 0 saturated heterocycles. The summed E-state index contributed by atoms with van der Waals surface area (Å²) in [7, 11) is -0.413. The summed E-state index contributed by atoms with van der Waals surface area (Å²) >= 11 is 0.996. The molecule has 0 aliphatic rings. The molecule has 0 aliphatic heterocycles. The first kappa shape index (κ1) is 21.9. The monoisotopic (exact) mass is 421 g/mol. The van der Waals surface area contributed by atoms with Crippen LogP contribution in [-0.2, 0) is 10.0 Å². The fourth-order valence-electron chi connectivity index (χ4n) is 2.22. The summed E-state index contributed by atoms with van der Waals surface area (Å²) in [6, 6.07) is 12.5. The van der Waals surface area contributed by atoms with Crippen molar-refractivity contribution < 1.29 is 18.0 Å². The average Bonchev–Trinajstić information content (AvgIpc) is 2.62. The number of thioether (sulfide) groups is 1. The molecule has 0 atom stereocenters. The Labute approximate surface area is 169 Å². The van der Waals surface area contributed by atoms with E-state index >= 15 is 0 Å². The molecule has 28 heavy (non-hydrogen) atoms. The molecule has 0 fully saturated rings. The summed E-state index contributed by atoms with van der Waals surface area (Å²) < 4.78 is 27.1. The second-order valence-electron chi connectivity index (χ2n) is 6.52. The number of hydrogen-bond donors (Lipinski definition) is 2. The minimum atomic E-state index is -3.71. The van der Waals surface area contributed by atoms with Gasteiger partial charge in [-0.1, -0.05) is 18.2 Å². The van der Waals surface area contributed by atoms with Crippen LogP contribution in [0, 0.1) is 0 Å². The molecule has 0 unspecified atom stereocenters. The van der Waals surface area contributed by atoms with Crippen molar-refractivity contribution in [1.82, 2.24) is 9.62 Å². The van der Waals surface area contributed by atoms with Gasteiger partial charge in [0.1, 0.15) is 0 Å². The standard InChI is InChI=1S/C19H23N3O4S2/c1-13(2)21-28(25,26)15-9-7-8-14(12-15)18(23)20-16-10-5-6-11-17(16)27-19(24)22(3)4/h5-13,21H,1-4H3,(H,20,23). The van der Waals surface area contributed by atoms with Crippen LogP contribution in [0.4, 0.5) is 10.5 Å². The number of anilines is 1. The number of nitrogens with one attached hydrogen (secondary N) is 2. The quantitative estimate of drug-likeness (QED) is 0.697. The van der Waals surface area contributed by atoms with Crippen molar-refractivity contribution >= 4 is 38.6 Å². The highest BCUT2D eigenvalue weighted by molar-refractivity contribution is 8.13. The third-order valence-electron chi connectivity index (χ3n) is 3.50. The SMILES string of the molecule is CC(C)NS(=O)(=O)c1cccc(C(=O)Nc2ccccc2SC(=O)N(C)C)c1. The highest BCUT2D eigenvalue weighted by atomic mass is 32.2. The third kappa shape index (κ3) is 5.82. The Bertz CT molecular complexity index is 973. The van der Waals surface area contributed by atoms with Crippen molar-refractivity contribution in [2.24, 2.45) is 0 Å². The Kier molecular flexibility index (Phi) is 7.22. The van der Waals surface area contributed by atoms with Gasteiger partial charge in [-0.2, -0.15) is 0 Å². The zero-order chi connectivity index (χ0) is 20.9. The zero-order valence-electron chi connectivity index (χ0n) is 16.1. The molecule has 2 rings (SSSR count). The average molecular weight is 422 g/mol. The normalized spacial score (nSPS) is 11.3. The van der Waals surface area contributed by atoms with Crippen molar-refractivity contribution in [3.05, 3.63) is 54.1 Å². The molecule has 0 aromatic heterocycles. The maximum absolute atomic E-state index is 12.7. The Morgan fingerprint density at radius 3 is 2.36 bits per heavy atom. The zero-order valence-corrected chi connectivity index (χ0v) is 17.7. The molecule has 2 amide bonds. The summed E-state index contributed by atoms with van der Waals surface area (Å²) in [5.74, 6) is -0.466. The first-order valence-corrected chi connectivity index (χ1v) is 10.8. The molecule has 2 N–H and O–H groups in total. The fourth-order valence-corrected chi connectivity index (χ4v) is 4.26. The van der Waals surface area contributed by atoms with Crippen LogP contribution in [0.2, 0.25) is 0 Å². The van der Waals surface area contributed by atoms with Gasteiger partial charge in [-0.15, -0.1) is 0 Å². The molecule has 150 valence electrons. The van der Waals surface area contributed by atoms with Crippen molar-refractivity contribution in [3.8, 4) is 0 Å². The first-order chi connectivity index (χ1) is 13.1. The number of rotatable bonds is 6. The fraction of sp³-hybridized carbons (Fsp3) is 0.263. The lowest BCUT2D eigenvalue weighted by Gasteiger charge is -2.14. The highest BCUT2D eigenvalue weighted by Gasteiger charge is 2.18. The number of amides is 2. The molecule has 0 heterocycles. The van der Waals surface area contributed by atoms with Crippen LogP contribution in [0.1, 0.15) is 24.2 Å². The van der Waals surface area contributed by atoms with E-state index in [9.17, 15) is 18.0 Å². The van der Waals surface area contributed by atoms with Gasteiger partial charge < -0.3 is 10.2 Å². The number of nitrogens with zero attached hydrogens (tertiary/aromatic N) is 1. The summed E-state index contributed by atoms with van der Waals surface area (Å²) in [6.07, 6.45) is 0. The molecule has 7 nitrogen and oxygen atoms in total. The Morgan fingerprint density at radius 1 is 1.04 bits per heavy atom. The van der Waals surface area contributed by atoms with Gasteiger partial charge in [-0.25, -0.2) is 13.1 Å². The predicted molar refractivity (Wildman–Crippen MR) is 111 cm³/mol. The van der Waals surface area contributed by atoms with Crippen molar-refractivity contribution in [2.75, 3.05) is 19.4 Å². The number of carbonyl (C=O) groups is 2. The summed E-state index contributed by atoms with van der Waals surface area (Å²) in [6.45, 7) is 3.44. The third-order valence-corrected chi connectivity index (χ3v) is 6.27. The Balaban J connectivity index is 2.25. The molecule has 0 aliphatic carbocycles. The minimum absolute atomic E-state index is 0.0132. The number of para-hydroxylation sites is 1. The van der Waals surface area contributed by atoms with E-state index in [0.29, 0.717) is 10.6 Å². The minimum Gasteiger partial charge on any atom is -0.339 e. The van der Waals surface area contributed by atoms with Crippen molar-refractivity contribution in [3.63, 3.8) is 0 Å². The maximum atomic E-state index is 12.7. The van der Waals surface area contributed by atoms with Gasteiger partial charge in [-0.3, -0.25) is 9.59 Å². The summed E-state index contributed by atoms with van der Waals surface area (Å²) in [5, 5.41) is 2.57. The number of sulfonamides is 1. The first-order valence-electron chi connectivity index (χ1n) is 8.52. The van der Waals surface area contributed by atoms with Crippen LogP contribution in [0.5, 0.6) is 0 Å².